The monoisotopic (exact) mass is 226 g/mol. The zero-order valence-electron chi connectivity index (χ0n) is 9.99. The standard InChI is InChI=1S/C10H18N4O2/c1-8-12-9(13-16-8)7-11-6-4-5-10(15)14(2)3/h11H,4-7H2,1-3H3. The van der Waals surface area contributed by atoms with Gasteiger partial charge in [0.15, 0.2) is 5.82 Å². The molecule has 1 amide bonds. The van der Waals surface area contributed by atoms with E-state index in [1.165, 1.54) is 0 Å². The Labute approximate surface area is 95.0 Å². The lowest BCUT2D eigenvalue weighted by Crippen LogP contribution is -2.23. The van der Waals surface area contributed by atoms with Gasteiger partial charge in [-0.3, -0.25) is 4.79 Å². The first-order valence-electron chi connectivity index (χ1n) is 5.29. The number of nitrogens with zero attached hydrogens (tertiary/aromatic N) is 3. The highest BCUT2D eigenvalue weighted by Crippen LogP contribution is 1.95. The maximum Gasteiger partial charge on any atom is 0.223 e. The number of hydrogen-bond acceptors (Lipinski definition) is 5. The fourth-order valence-electron chi connectivity index (χ4n) is 1.20. The fraction of sp³-hybridized carbons (Fsp3) is 0.700. The van der Waals surface area contributed by atoms with Crippen molar-refractivity contribution in [3.8, 4) is 0 Å². The highest BCUT2D eigenvalue weighted by atomic mass is 16.5. The van der Waals surface area contributed by atoms with Gasteiger partial charge in [0.2, 0.25) is 11.8 Å². The number of nitrogens with one attached hydrogen (secondary N) is 1. The van der Waals surface area contributed by atoms with E-state index in [9.17, 15) is 4.79 Å². The van der Waals surface area contributed by atoms with E-state index >= 15 is 0 Å². The van der Waals surface area contributed by atoms with Crippen LogP contribution in [-0.4, -0.2) is 41.6 Å². The van der Waals surface area contributed by atoms with Crippen LogP contribution in [0.5, 0.6) is 0 Å². The molecule has 0 unspecified atom stereocenters. The van der Waals surface area contributed by atoms with Crippen LogP contribution in [-0.2, 0) is 11.3 Å². The average molecular weight is 226 g/mol. The minimum Gasteiger partial charge on any atom is -0.349 e. The lowest BCUT2D eigenvalue weighted by atomic mass is 10.3. The SMILES string of the molecule is Cc1nc(CNCCCC(=O)N(C)C)no1. The van der Waals surface area contributed by atoms with E-state index in [1.54, 1.807) is 25.9 Å². The van der Waals surface area contributed by atoms with Crippen LogP contribution in [0.25, 0.3) is 0 Å². The normalized spacial score (nSPS) is 10.4. The summed E-state index contributed by atoms with van der Waals surface area (Å²) in [5, 5.41) is 6.91. The highest BCUT2D eigenvalue weighted by Gasteiger charge is 2.03. The van der Waals surface area contributed by atoms with E-state index in [2.05, 4.69) is 15.5 Å². The van der Waals surface area contributed by atoms with Gasteiger partial charge in [0.05, 0.1) is 6.54 Å². The summed E-state index contributed by atoms with van der Waals surface area (Å²) in [6.45, 7) is 3.10. The molecule has 16 heavy (non-hydrogen) atoms. The lowest BCUT2D eigenvalue weighted by Gasteiger charge is -2.09. The Morgan fingerprint density at radius 2 is 2.25 bits per heavy atom. The smallest absolute Gasteiger partial charge is 0.223 e. The first-order chi connectivity index (χ1) is 7.59. The molecule has 1 aromatic rings. The summed E-state index contributed by atoms with van der Waals surface area (Å²) >= 11 is 0. The third-order valence-electron chi connectivity index (χ3n) is 2.10. The van der Waals surface area contributed by atoms with Crippen molar-refractivity contribution in [3.05, 3.63) is 11.7 Å². The van der Waals surface area contributed by atoms with Gasteiger partial charge >= 0.3 is 0 Å². The molecule has 0 saturated carbocycles. The number of aromatic nitrogens is 2. The van der Waals surface area contributed by atoms with Crippen molar-refractivity contribution >= 4 is 5.91 Å². The largest absolute Gasteiger partial charge is 0.349 e. The zero-order chi connectivity index (χ0) is 12.0. The topological polar surface area (TPSA) is 71.3 Å². The van der Waals surface area contributed by atoms with Crippen molar-refractivity contribution in [3.63, 3.8) is 0 Å². The molecule has 0 radical (unpaired) electrons. The Hall–Kier alpha value is -1.43. The number of carbonyl (C=O) groups is 1. The number of amides is 1. The van der Waals surface area contributed by atoms with Crippen molar-refractivity contribution in [2.24, 2.45) is 0 Å². The fourth-order valence-corrected chi connectivity index (χ4v) is 1.20. The molecule has 0 spiro atoms. The Bertz CT molecular complexity index is 335. The molecule has 0 atom stereocenters. The number of carbonyl (C=O) groups excluding carboxylic acids is 1. The molecule has 0 aliphatic carbocycles. The third kappa shape index (κ3) is 4.39. The number of rotatable bonds is 6. The molecule has 0 bridgehead atoms. The summed E-state index contributed by atoms with van der Waals surface area (Å²) in [6.07, 6.45) is 1.37. The summed E-state index contributed by atoms with van der Waals surface area (Å²) in [7, 11) is 3.52. The van der Waals surface area contributed by atoms with E-state index in [1.807, 2.05) is 0 Å². The summed E-state index contributed by atoms with van der Waals surface area (Å²) in [6, 6.07) is 0. The van der Waals surface area contributed by atoms with Crippen molar-refractivity contribution in [2.75, 3.05) is 20.6 Å². The molecule has 0 fully saturated rings. The highest BCUT2D eigenvalue weighted by molar-refractivity contribution is 5.75. The molecule has 1 heterocycles. The Kier molecular flexibility index (Phi) is 4.91. The van der Waals surface area contributed by atoms with Gasteiger partial charge in [-0.05, 0) is 13.0 Å². The summed E-state index contributed by atoms with van der Waals surface area (Å²) in [5.74, 6) is 1.37. The van der Waals surface area contributed by atoms with Gasteiger partial charge in [-0.1, -0.05) is 5.16 Å². The molecule has 6 heteroatoms. The van der Waals surface area contributed by atoms with Gasteiger partial charge in [-0.15, -0.1) is 0 Å². The van der Waals surface area contributed by atoms with Crippen LogP contribution in [0.15, 0.2) is 4.52 Å². The second-order valence-electron chi connectivity index (χ2n) is 3.80. The van der Waals surface area contributed by atoms with Crippen molar-refractivity contribution in [1.82, 2.24) is 20.4 Å². The molecule has 0 aliphatic heterocycles. The van der Waals surface area contributed by atoms with Crippen LogP contribution in [0.2, 0.25) is 0 Å². The predicted octanol–water partition coefficient (Wildman–Crippen LogP) is 0.336. The van der Waals surface area contributed by atoms with Crippen LogP contribution in [0.1, 0.15) is 24.6 Å². The van der Waals surface area contributed by atoms with Crippen LogP contribution in [0, 0.1) is 6.92 Å². The van der Waals surface area contributed by atoms with Crippen LogP contribution < -0.4 is 5.32 Å². The van der Waals surface area contributed by atoms with Crippen LogP contribution >= 0.6 is 0 Å². The van der Waals surface area contributed by atoms with Crippen LogP contribution in [0.4, 0.5) is 0 Å². The molecular weight excluding hydrogens is 208 g/mol. The molecule has 0 aliphatic rings. The predicted molar refractivity (Wildman–Crippen MR) is 58.7 cm³/mol. The second kappa shape index (κ2) is 6.22. The molecule has 1 N–H and O–H groups in total. The summed E-state index contributed by atoms with van der Waals surface area (Å²) in [5.41, 5.74) is 0. The van der Waals surface area contributed by atoms with Gasteiger partial charge in [-0.25, -0.2) is 0 Å². The summed E-state index contributed by atoms with van der Waals surface area (Å²) < 4.78 is 4.83. The van der Waals surface area contributed by atoms with Gasteiger partial charge in [0, 0.05) is 27.4 Å². The van der Waals surface area contributed by atoms with E-state index in [0.717, 1.165) is 13.0 Å². The van der Waals surface area contributed by atoms with Crippen molar-refractivity contribution in [1.29, 1.82) is 0 Å². The van der Waals surface area contributed by atoms with E-state index in [0.29, 0.717) is 24.7 Å². The first kappa shape index (κ1) is 12.6. The molecule has 6 nitrogen and oxygen atoms in total. The average Bonchev–Trinajstić information content (AvgIpc) is 2.63. The molecule has 0 aromatic carbocycles. The third-order valence-corrected chi connectivity index (χ3v) is 2.10. The quantitative estimate of drug-likeness (QED) is 0.708. The first-order valence-corrected chi connectivity index (χ1v) is 5.29. The van der Waals surface area contributed by atoms with Crippen molar-refractivity contribution in [2.45, 2.75) is 26.3 Å². The van der Waals surface area contributed by atoms with Crippen molar-refractivity contribution < 1.29 is 9.32 Å². The van der Waals surface area contributed by atoms with Gasteiger partial charge in [0.1, 0.15) is 0 Å². The van der Waals surface area contributed by atoms with E-state index < -0.39 is 0 Å². The Balaban J connectivity index is 2.06. The van der Waals surface area contributed by atoms with Gasteiger partial charge in [-0.2, -0.15) is 4.98 Å². The van der Waals surface area contributed by atoms with Gasteiger partial charge < -0.3 is 14.7 Å². The molecule has 0 saturated heterocycles. The summed E-state index contributed by atoms with van der Waals surface area (Å²) in [4.78, 5) is 16.9. The van der Waals surface area contributed by atoms with Gasteiger partial charge in [0.25, 0.3) is 0 Å². The Morgan fingerprint density at radius 1 is 1.50 bits per heavy atom. The molecule has 90 valence electrons. The minimum absolute atomic E-state index is 0.150. The number of aryl methyl sites for hydroxylation is 1. The minimum atomic E-state index is 0.150. The molecular formula is C10H18N4O2. The lowest BCUT2D eigenvalue weighted by molar-refractivity contribution is -0.128. The maximum absolute atomic E-state index is 11.2. The molecule has 1 aromatic heterocycles. The zero-order valence-corrected chi connectivity index (χ0v) is 9.99. The second-order valence-corrected chi connectivity index (χ2v) is 3.80. The molecule has 1 rings (SSSR count). The van der Waals surface area contributed by atoms with E-state index in [4.69, 9.17) is 4.52 Å². The van der Waals surface area contributed by atoms with Crippen LogP contribution in [0.3, 0.4) is 0 Å². The van der Waals surface area contributed by atoms with E-state index in [-0.39, 0.29) is 5.91 Å². The maximum atomic E-state index is 11.2. The Morgan fingerprint density at radius 3 is 2.81 bits per heavy atom. The number of hydrogen-bond donors (Lipinski definition) is 1.